The molecule has 0 aliphatic heterocycles. The van der Waals surface area contributed by atoms with Crippen LogP contribution in [-0.2, 0) is 6.54 Å². The van der Waals surface area contributed by atoms with Crippen LogP contribution >= 0.6 is 11.8 Å². The molecule has 2 aromatic rings. The van der Waals surface area contributed by atoms with Crippen molar-refractivity contribution in [2.75, 3.05) is 5.32 Å². The minimum Gasteiger partial charge on any atom is -0.467 e. The van der Waals surface area contributed by atoms with E-state index in [-0.39, 0.29) is 0 Å². The Kier molecular flexibility index (Phi) is 4.13. The van der Waals surface area contributed by atoms with Crippen LogP contribution in [0.15, 0.2) is 52.0 Å². The summed E-state index contributed by atoms with van der Waals surface area (Å²) in [5.74, 6) is 0.962. The lowest BCUT2D eigenvalue weighted by Crippen LogP contribution is -1.98. The first-order chi connectivity index (χ1) is 9.40. The Labute approximate surface area is 118 Å². The molecule has 1 aliphatic carbocycles. The molecule has 3 heteroatoms. The molecule has 1 saturated carbocycles. The molecular formula is C16H19NOS. The molecule has 0 atom stereocenters. The normalized spacial score (nSPS) is 15.8. The highest BCUT2D eigenvalue weighted by molar-refractivity contribution is 8.00. The van der Waals surface area contributed by atoms with Crippen molar-refractivity contribution in [3.8, 4) is 0 Å². The fourth-order valence-electron chi connectivity index (χ4n) is 2.45. The van der Waals surface area contributed by atoms with Crippen LogP contribution in [0.1, 0.15) is 31.4 Å². The highest BCUT2D eigenvalue weighted by Crippen LogP contribution is 2.34. The van der Waals surface area contributed by atoms with E-state index in [9.17, 15) is 0 Å². The molecular weight excluding hydrogens is 254 g/mol. The van der Waals surface area contributed by atoms with E-state index in [4.69, 9.17) is 4.42 Å². The molecule has 0 unspecified atom stereocenters. The monoisotopic (exact) mass is 273 g/mol. The average Bonchev–Trinajstić information content (AvgIpc) is 3.11. The predicted molar refractivity (Wildman–Crippen MR) is 80.6 cm³/mol. The van der Waals surface area contributed by atoms with Gasteiger partial charge in [0.2, 0.25) is 0 Å². The lowest BCUT2D eigenvalue weighted by molar-refractivity contribution is 0.518. The van der Waals surface area contributed by atoms with Crippen molar-refractivity contribution in [2.24, 2.45) is 0 Å². The average molecular weight is 273 g/mol. The zero-order chi connectivity index (χ0) is 12.9. The van der Waals surface area contributed by atoms with Crippen LogP contribution in [0.3, 0.4) is 0 Å². The summed E-state index contributed by atoms with van der Waals surface area (Å²) in [5, 5.41) is 4.20. The van der Waals surface area contributed by atoms with E-state index >= 15 is 0 Å². The Morgan fingerprint density at radius 2 is 1.89 bits per heavy atom. The van der Waals surface area contributed by atoms with Crippen molar-refractivity contribution in [1.82, 2.24) is 0 Å². The van der Waals surface area contributed by atoms with Gasteiger partial charge in [-0.3, -0.25) is 0 Å². The number of benzene rings is 1. The zero-order valence-corrected chi connectivity index (χ0v) is 11.8. The molecule has 0 radical (unpaired) electrons. The molecule has 0 spiro atoms. The van der Waals surface area contributed by atoms with Crippen LogP contribution < -0.4 is 5.32 Å². The van der Waals surface area contributed by atoms with Gasteiger partial charge in [-0.25, -0.2) is 0 Å². The van der Waals surface area contributed by atoms with Crippen molar-refractivity contribution in [3.05, 3.63) is 48.4 Å². The first-order valence-corrected chi connectivity index (χ1v) is 7.81. The van der Waals surface area contributed by atoms with Gasteiger partial charge in [0.1, 0.15) is 5.76 Å². The van der Waals surface area contributed by atoms with Crippen LogP contribution in [0.2, 0.25) is 0 Å². The largest absolute Gasteiger partial charge is 0.467 e. The van der Waals surface area contributed by atoms with Gasteiger partial charge in [0.25, 0.3) is 0 Å². The van der Waals surface area contributed by atoms with E-state index in [1.165, 1.54) is 30.6 Å². The summed E-state index contributed by atoms with van der Waals surface area (Å²) in [4.78, 5) is 1.38. The maximum Gasteiger partial charge on any atom is 0.122 e. The SMILES string of the molecule is c1coc(CNc2ccc(SC3CCCC3)cc2)c1. The van der Waals surface area contributed by atoms with E-state index in [1.807, 2.05) is 23.9 Å². The Morgan fingerprint density at radius 3 is 2.58 bits per heavy atom. The third kappa shape index (κ3) is 3.57. The fourth-order valence-corrected chi connectivity index (χ4v) is 3.70. The summed E-state index contributed by atoms with van der Waals surface area (Å²) in [6.07, 6.45) is 7.27. The molecule has 2 nitrogen and oxygen atoms in total. The van der Waals surface area contributed by atoms with Gasteiger partial charge < -0.3 is 9.73 Å². The van der Waals surface area contributed by atoms with Gasteiger partial charge in [-0.15, -0.1) is 11.8 Å². The number of rotatable bonds is 5. The topological polar surface area (TPSA) is 25.2 Å². The number of thioether (sulfide) groups is 1. The van der Waals surface area contributed by atoms with Crippen molar-refractivity contribution in [1.29, 1.82) is 0 Å². The van der Waals surface area contributed by atoms with Crippen LogP contribution in [0, 0.1) is 0 Å². The number of hydrogen-bond donors (Lipinski definition) is 1. The van der Waals surface area contributed by atoms with Gasteiger partial charge in [0.15, 0.2) is 0 Å². The minimum absolute atomic E-state index is 0.738. The summed E-state index contributed by atoms with van der Waals surface area (Å²) >= 11 is 2.03. The summed E-state index contributed by atoms with van der Waals surface area (Å²) in [7, 11) is 0. The van der Waals surface area contributed by atoms with E-state index in [2.05, 4.69) is 29.6 Å². The quantitative estimate of drug-likeness (QED) is 0.836. The van der Waals surface area contributed by atoms with Gasteiger partial charge in [0, 0.05) is 15.8 Å². The van der Waals surface area contributed by atoms with Crippen LogP contribution in [0.25, 0.3) is 0 Å². The van der Waals surface area contributed by atoms with Crippen molar-refractivity contribution in [3.63, 3.8) is 0 Å². The molecule has 19 heavy (non-hydrogen) atoms. The molecule has 1 aromatic heterocycles. The second kappa shape index (κ2) is 6.20. The summed E-state index contributed by atoms with van der Waals surface area (Å²) in [6, 6.07) is 12.6. The smallest absolute Gasteiger partial charge is 0.122 e. The Hall–Kier alpha value is -1.35. The van der Waals surface area contributed by atoms with Gasteiger partial charge in [-0.2, -0.15) is 0 Å². The molecule has 1 aliphatic rings. The second-order valence-corrected chi connectivity index (χ2v) is 6.36. The van der Waals surface area contributed by atoms with Crippen LogP contribution in [-0.4, -0.2) is 5.25 Å². The molecule has 1 aromatic carbocycles. The Balaban J connectivity index is 1.53. The minimum atomic E-state index is 0.738. The lowest BCUT2D eigenvalue weighted by Gasteiger charge is -2.10. The number of anilines is 1. The first-order valence-electron chi connectivity index (χ1n) is 6.93. The van der Waals surface area contributed by atoms with Gasteiger partial charge in [-0.05, 0) is 49.2 Å². The second-order valence-electron chi connectivity index (χ2n) is 4.98. The van der Waals surface area contributed by atoms with Crippen molar-refractivity contribution < 1.29 is 4.42 Å². The Bertz CT molecular complexity index is 486. The maximum atomic E-state index is 5.30. The lowest BCUT2D eigenvalue weighted by atomic mass is 10.3. The molecule has 0 amide bonds. The summed E-state index contributed by atoms with van der Waals surface area (Å²) < 4.78 is 5.30. The van der Waals surface area contributed by atoms with E-state index in [1.54, 1.807) is 6.26 Å². The standard InChI is InChI=1S/C16H19NOS/c1-2-6-15(5-1)19-16-9-7-13(8-10-16)17-12-14-4-3-11-18-14/h3-4,7-11,15,17H,1-2,5-6,12H2. The zero-order valence-electron chi connectivity index (χ0n) is 11.0. The first kappa shape index (κ1) is 12.7. The fraction of sp³-hybridized carbons (Fsp3) is 0.375. The van der Waals surface area contributed by atoms with E-state index < -0.39 is 0 Å². The van der Waals surface area contributed by atoms with Crippen LogP contribution in [0.4, 0.5) is 5.69 Å². The Morgan fingerprint density at radius 1 is 1.11 bits per heavy atom. The van der Waals surface area contributed by atoms with Crippen LogP contribution in [0.5, 0.6) is 0 Å². The van der Waals surface area contributed by atoms with Gasteiger partial charge in [-0.1, -0.05) is 12.8 Å². The maximum absolute atomic E-state index is 5.30. The van der Waals surface area contributed by atoms with E-state index in [0.29, 0.717) is 0 Å². The van der Waals surface area contributed by atoms with E-state index in [0.717, 1.165) is 23.2 Å². The molecule has 100 valence electrons. The third-order valence-corrected chi connectivity index (χ3v) is 4.86. The molecule has 1 fully saturated rings. The van der Waals surface area contributed by atoms with Gasteiger partial charge in [0.05, 0.1) is 12.8 Å². The molecule has 3 rings (SSSR count). The number of nitrogens with one attached hydrogen (secondary N) is 1. The van der Waals surface area contributed by atoms with Crippen molar-refractivity contribution in [2.45, 2.75) is 42.4 Å². The highest BCUT2D eigenvalue weighted by Gasteiger charge is 2.15. The summed E-state index contributed by atoms with van der Waals surface area (Å²) in [5.41, 5.74) is 1.15. The third-order valence-electron chi connectivity index (χ3n) is 3.51. The molecule has 0 saturated heterocycles. The molecule has 0 bridgehead atoms. The highest BCUT2D eigenvalue weighted by atomic mass is 32.2. The van der Waals surface area contributed by atoms with Crippen molar-refractivity contribution >= 4 is 17.4 Å². The number of hydrogen-bond acceptors (Lipinski definition) is 3. The van der Waals surface area contributed by atoms with Gasteiger partial charge >= 0.3 is 0 Å². The molecule has 1 N–H and O–H groups in total. The predicted octanol–water partition coefficient (Wildman–Crippen LogP) is 4.93. The number of furan rings is 1. The molecule has 1 heterocycles. The summed E-state index contributed by atoms with van der Waals surface area (Å²) in [6.45, 7) is 0.738.